The highest BCUT2D eigenvalue weighted by atomic mass is 16.2. The van der Waals surface area contributed by atoms with Gasteiger partial charge in [0.1, 0.15) is 5.78 Å². The van der Waals surface area contributed by atoms with Crippen LogP contribution in [-0.4, -0.2) is 23.1 Å². The van der Waals surface area contributed by atoms with Crippen molar-refractivity contribution in [2.75, 3.05) is 0 Å². The van der Waals surface area contributed by atoms with E-state index in [2.05, 4.69) is 51.1 Å². The summed E-state index contributed by atoms with van der Waals surface area (Å²) in [5.74, 6) is -0.227. The number of hydrogen-bond donors (Lipinski definition) is 0. The van der Waals surface area contributed by atoms with Crippen LogP contribution in [0.5, 0.6) is 0 Å². The Balaban J connectivity index is 1.79. The second kappa shape index (κ2) is 9.58. The molecular weight excluding hydrogens is 508 g/mol. The van der Waals surface area contributed by atoms with Gasteiger partial charge >= 0.3 is 0 Å². The van der Waals surface area contributed by atoms with E-state index < -0.39 is 16.2 Å². The molecule has 0 saturated carbocycles. The molecule has 41 heavy (non-hydrogen) atoms. The van der Waals surface area contributed by atoms with Gasteiger partial charge in [0, 0.05) is 23.0 Å². The van der Waals surface area contributed by atoms with E-state index in [0.29, 0.717) is 37.7 Å². The predicted molar refractivity (Wildman–Crippen MR) is 163 cm³/mol. The molecule has 0 saturated heterocycles. The number of benzene rings is 2. The number of aryl methyl sites for hydroxylation is 2. The van der Waals surface area contributed by atoms with E-state index in [0.717, 1.165) is 50.1 Å². The summed E-state index contributed by atoms with van der Waals surface area (Å²) >= 11 is 0. The summed E-state index contributed by atoms with van der Waals surface area (Å²) in [6, 6.07) is 10.6. The van der Waals surface area contributed by atoms with Crippen LogP contribution >= 0.6 is 0 Å². The fourth-order valence-electron chi connectivity index (χ4n) is 8.60. The molecule has 0 aromatic heterocycles. The molecule has 0 N–H and O–H groups in total. The minimum atomic E-state index is -0.935. The van der Waals surface area contributed by atoms with Gasteiger partial charge in [0.25, 0.3) is 0 Å². The number of ketones is 4. The Morgan fingerprint density at radius 3 is 2.12 bits per heavy atom. The minimum absolute atomic E-state index is 0.00601. The number of allylic oxidation sites excluding steroid dienone is 4. The summed E-state index contributed by atoms with van der Waals surface area (Å²) in [4.78, 5) is 53.5. The van der Waals surface area contributed by atoms with E-state index in [1.54, 1.807) is 6.92 Å². The first-order valence-corrected chi connectivity index (χ1v) is 14.8. The average molecular weight is 551 g/mol. The largest absolute Gasteiger partial charge is 0.300 e. The molecule has 214 valence electrons. The zero-order valence-electron chi connectivity index (χ0n) is 26.1. The van der Waals surface area contributed by atoms with Crippen molar-refractivity contribution in [3.05, 3.63) is 80.4 Å². The maximum atomic E-state index is 14.8. The van der Waals surface area contributed by atoms with Crippen molar-refractivity contribution < 1.29 is 19.2 Å². The average Bonchev–Trinajstić information content (AvgIpc) is 2.86. The zero-order valence-corrected chi connectivity index (χ0v) is 26.1. The third-order valence-corrected chi connectivity index (χ3v) is 10.8. The summed E-state index contributed by atoms with van der Waals surface area (Å²) in [6.07, 6.45) is 3.03. The smallest absolute Gasteiger partial charge is 0.190 e. The number of hydrogen-bond acceptors (Lipinski definition) is 4. The molecule has 3 atom stereocenters. The lowest BCUT2D eigenvalue weighted by atomic mass is 9.42. The lowest BCUT2D eigenvalue weighted by Crippen LogP contribution is -2.57. The predicted octanol–water partition coefficient (Wildman–Crippen LogP) is 7.85. The van der Waals surface area contributed by atoms with Crippen LogP contribution in [0.15, 0.2) is 52.6 Å². The SMILES string of the molecule is CC(=O)CCc1cc(-c2ccc(C)cc2)c2c(c1C)C(=O)C1=C(C)C3(C)C(=O)C(C(C)=O)=C(C)CC3(C)CC1(C)C2. The normalized spacial score (nSPS) is 27.4. The van der Waals surface area contributed by atoms with Gasteiger partial charge in [0.15, 0.2) is 17.3 Å². The molecule has 0 radical (unpaired) electrons. The van der Waals surface area contributed by atoms with Gasteiger partial charge in [0.05, 0.1) is 11.0 Å². The molecule has 0 spiro atoms. The molecule has 3 aliphatic carbocycles. The summed E-state index contributed by atoms with van der Waals surface area (Å²) in [6.45, 7) is 17.3. The number of rotatable bonds is 5. The monoisotopic (exact) mass is 550 g/mol. The van der Waals surface area contributed by atoms with Crippen LogP contribution in [0.3, 0.4) is 0 Å². The van der Waals surface area contributed by atoms with Crippen molar-refractivity contribution in [1.82, 2.24) is 0 Å². The van der Waals surface area contributed by atoms with Gasteiger partial charge in [-0.05, 0) is 107 Å². The van der Waals surface area contributed by atoms with Crippen molar-refractivity contribution in [1.29, 1.82) is 0 Å². The maximum absolute atomic E-state index is 14.8. The molecule has 0 amide bonds. The molecule has 3 unspecified atom stereocenters. The molecule has 2 aromatic rings. The van der Waals surface area contributed by atoms with Crippen LogP contribution in [0, 0.1) is 30.1 Å². The molecule has 4 heteroatoms. The van der Waals surface area contributed by atoms with Crippen LogP contribution in [0.4, 0.5) is 0 Å². The Morgan fingerprint density at radius 1 is 0.902 bits per heavy atom. The second-order valence-corrected chi connectivity index (χ2v) is 13.8. The van der Waals surface area contributed by atoms with E-state index in [4.69, 9.17) is 0 Å². The molecule has 4 nitrogen and oxygen atoms in total. The van der Waals surface area contributed by atoms with Gasteiger partial charge in [-0.2, -0.15) is 0 Å². The number of carbonyl (C=O) groups excluding carboxylic acids is 4. The van der Waals surface area contributed by atoms with Gasteiger partial charge in [0.2, 0.25) is 0 Å². The van der Waals surface area contributed by atoms with Crippen LogP contribution in [0.1, 0.15) is 100 Å². The van der Waals surface area contributed by atoms with Gasteiger partial charge < -0.3 is 4.79 Å². The van der Waals surface area contributed by atoms with Crippen molar-refractivity contribution in [3.8, 4) is 11.1 Å². The molecule has 5 rings (SSSR count). The Bertz CT molecular complexity index is 1610. The molecule has 0 heterocycles. The van der Waals surface area contributed by atoms with E-state index in [9.17, 15) is 19.2 Å². The first-order valence-electron chi connectivity index (χ1n) is 14.8. The summed E-state index contributed by atoms with van der Waals surface area (Å²) < 4.78 is 0. The van der Waals surface area contributed by atoms with E-state index in [1.807, 2.05) is 27.7 Å². The highest BCUT2D eigenvalue weighted by Crippen LogP contribution is 2.66. The second-order valence-electron chi connectivity index (χ2n) is 13.8. The first-order chi connectivity index (χ1) is 19.1. The third-order valence-electron chi connectivity index (χ3n) is 10.8. The Morgan fingerprint density at radius 2 is 1.54 bits per heavy atom. The van der Waals surface area contributed by atoms with Crippen LogP contribution in [0.25, 0.3) is 11.1 Å². The molecule has 3 aliphatic rings. The third kappa shape index (κ3) is 4.16. The highest BCUT2D eigenvalue weighted by Gasteiger charge is 2.63. The molecule has 2 aromatic carbocycles. The van der Waals surface area contributed by atoms with Crippen molar-refractivity contribution >= 4 is 23.1 Å². The minimum Gasteiger partial charge on any atom is -0.300 e. The number of Topliss-reactive ketones (excluding diaryl/α,β-unsaturated/α-hetero) is 4. The standard InChI is InChI=1S/C37H42O4/c1-20-10-13-26(14-11-20)28-16-27(15-12-22(3)38)23(4)31-29(28)18-35(7)19-36(8)17-21(2)30(25(6)39)34(41)37(36,9)24(5)32(35)33(31)40/h10-11,13-14,16H,12,15,17-19H2,1-9H3. The van der Waals surface area contributed by atoms with Crippen LogP contribution in [-0.2, 0) is 27.2 Å². The van der Waals surface area contributed by atoms with E-state index >= 15 is 0 Å². The maximum Gasteiger partial charge on any atom is 0.190 e. The molecule has 0 bridgehead atoms. The van der Waals surface area contributed by atoms with Gasteiger partial charge in [-0.15, -0.1) is 0 Å². The lowest BCUT2D eigenvalue weighted by molar-refractivity contribution is -0.134. The fraction of sp³-hybridized carbons (Fsp3) is 0.459. The van der Waals surface area contributed by atoms with Gasteiger partial charge in [-0.25, -0.2) is 0 Å². The fourth-order valence-corrected chi connectivity index (χ4v) is 8.60. The first kappa shape index (κ1) is 29.1. The molecular formula is C37H42O4. The topological polar surface area (TPSA) is 68.3 Å². The Labute approximate surface area is 244 Å². The van der Waals surface area contributed by atoms with Crippen molar-refractivity contribution in [2.45, 2.75) is 94.4 Å². The summed E-state index contributed by atoms with van der Waals surface area (Å²) in [5.41, 5.74) is 7.93. The Kier molecular flexibility index (Phi) is 6.80. The number of carbonyl (C=O) groups is 4. The highest BCUT2D eigenvalue weighted by molar-refractivity contribution is 6.24. The summed E-state index contributed by atoms with van der Waals surface area (Å²) in [7, 11) is 0. The van der Waals surface area contributed by atoms with Crippen molar-refractivity contribution in [2.24, 2.45) is 16.2 Å². The molecule has 0 fully saturated rings. The quantitative estimate of drug-likeness (QED) is 0.356. The van der Waals surface area contributed by atoms with E-state index in [1.165, 1.54) is 12.5 Å². The zero-order chi connectivity index (χ0) is 30.2. The van der Waals surface area contributed by atoms with Crippen LogP contribution in [0.2, 0.25) is 0 Å². The number of fused-ring (bicyclic) bond motifs is 3. The molecule has 0 aliphatic heterocycles. The van der Waals surface area contributed by atoms with Gasteiger partial charge in [-0.3, -0.25) is 14.4 Å². The Hall–Kier alpha value is -3.40. The lowest BCUT2D eigenvalue weighted by Gasteiger charge is -2.59. The van der Waals surface area contributed by atoms with E-state index in [-0.39, 0.29) is 23.1 Å². The summed E-state index contributed by atoms with van der Waals surface area (Å²) in [5, 5.41) is 0. The van der Waals surface area contributed by atoms with Gasteiger partial charge in [-0.1, -0.05) is 60.9 Å². The van der Waals surface area contributed by atoms with Crippen molar-refractivity contribution in [3.63, 3.8) is 0 Å². The van der Waals surface area contributed by atoms with Crippen LogP contribution < -0.4 is 0 Å².